The first-order valence-corrected chi connectivity index (χ1v) is 8.02. The molecule has 0 aliphatic rings. The summed E-state index contributed by atoms with van der Waals surface area (Å²) in [4.78, 5) is 25.0. The summed E-state index contributed by atoms with van der Waals surface area (Å²) in [5.41, 5.74) is 1.59. The van der Waals surface area contributed by atoms with Crippen molar-refractivity contribution in [1.29, 1.82) is 0 Å². The van der Waals surface area contributed by atoms with Crippen LogP contribution in [0.15, 0.2) is 42.0 Å². The Balaban J connectivity index is 1.80. The first-order valence-electron chi connectivity index (χ1n) is 7.14. The van der Waals surface area contributed by atoms with Gasteiger partial charge in [-0.05, 0) is 30.5 Å². The lowest BCUT2D eigenvalue weighted by Gasteiger charge is -2.06. The largest absolute Gasteiger partial charge is 0.462 e. The van der Waals surface area contributed by atoms with E-state index in [1.807, 2.05) is 17.5 Å². The minimum absolute atomic E-state index is 0.103. The van der Waals surface area contributed by atoms with Gasteiger partial charge in [-0.25, -0.2) is 9.31 Å². The van der Waals surface area contributed by atoms with Crippen molar-refractivity contribution < 1.29 is 14.3 Å². The molecular weight excluding hydrogens is 314 g/mol. The average molecular weight is 329 g/mol. The van der Waals surface area contributed by atoms with E-state index < -0.39 is 5.97 Å². The molecule has 0 saturated heterocycles. The molecule has 0 bridgehead atoms. The van der Waals surface area contributed by atoms with E-state index in [1.165, 1.54) is 6.20 Å². The van der Waals surface area contributed by atoms with E-state index in [-0.39, 0.29) is 5.91 Å². The molecule has 7 heteroatoms. The summed E-state index contributed by atoms with van der Waals surface area (Å²) >= 11 is 1.54. The van der Waals surface area contributed by atoms with Gasteiger partial charge in [0, 0.05) is 16.8 Å². The standard InChI is InChI=1S/C16H15N3O3S/c1-2-22-16(21)13-10-17-19-6-5-11(8-14(13)19)18-15(20)9-12-4-3-7-23-12/h3-8,10H,2,9H2,1H3,(H,18,20). The van der Waals surface area contributed by atoms with Gasteiger partial charge in [0.2, 0.25) is 5.91 Å². The van der Waals surface area contributed by atoms with Gasteiger partial charge in [0.25, 0.3) is 0 Å². The van der Waals surface area contributed by atoms with Gasteiger partial charge in [0.15, 0.2) is 0 Å². The molecule has 0 aliphatic carbocycles. The number of aromatic nitrogens is 2. The number of anilines is 1. The lowest BCUT2D eigenvalue weighted by atomic mass is 10.2. The number of nitrogens with zero attached hydrogens (tertiary/aromatic N) is 2. The topological polar surface area (TPSA) is 72.7 Å². The Labute approximate surface area is 136 Å². The fourth-order valence-electron chi connectivity index (χ4n) is 2.20. The van der Waals surface area contributed by atoms with Gasteiger partial charge in [0.1, 0.15) is 5.56 Å². The van der Waals surface area contributed by atoms with E-state index in [0.29, 0.717) is 29.8 Å². The Hall–Kier alpha value is -2.67. The summed E-state index contributed by atoms with van der Waals surface area (Å²) in [6.45, 7) is 2.05. The molecule has 0 unspecified atom stereocenters. The van der Waals surface area contributed by atoms with E-state index in [2.05, 4.69) is 10.4 Å². The molecule has 0 aromatic carbocycles. The molecule has 3 heterocycles. The van der Waals surface area contributed by atoms with Gasteiger partial charge in [0.05, 0.1) is 24.7 Å². The second kappa shape index (κ2) is 6.62. The number of thiophene rings is 1. The number of nitrogens with one attached hydrogen (secondary N) is 1. The summed E-state index contributed by atoms with van der Waals surface area (Å²) in [5, 5.41) is 8.88. The van der Waals surface area contributed by atoms with Crippen LogP contribution in [0.1, 0.15) is 22.2 Å². The van der Waals surface area contributed by atoms with Crippen LogP contribution in [0.3, 0.4) is 0 Å². The molecule has 23 heavy (non-hydrogen) atoms. The third kappa shape index (κ3) is 3.40. The SMILES string of the molecule is CCOC(=O)c1cnn2ccc(NC(=O)Cc3cccs3)cc12. The molecular formula is C16H15N3O3S. The van der Waals surface area contributed by atoms with Crippen molar-refractivity contribution in [2.24, 2.45) is 0 Å². The number of hydrogen-bond acceptors (Lipinski definition) is 5. The van der Waals surface area contributed by atoms with Crippen molar-refractivity contribution in [2.75, 3.05) is 11.9 Å². The molecule has 3 aromatic heterocycles. The van der Waals surface area contributed by atoms with Crippen LogP contribution in [-0.4, -0.2) is 28.1 Å². The highest BCUT2D eigenvalue weighted by Gasteiger charge is 2.14. The van der Waals surface area contributed by atoms with Gasteiger partial charge < -0.3 is 10.1 Å². The van der Waals surface area contributed by atoms with Gasteiger partial charge in [-0.1, -0.05) is 6.07 Å². The van der Waals surface area contributed by atoms with Gasteiger partial charge >= 0.3 is 5.97 Å². The second-order valence-electron chi connectivity index (χ2n) is 4.83. The first kappa shape index (κ1) is 15.2. The van der Waals surface area contributed by atoms with Crippen LogP contribution in [0.4, 0.5) is 5.69 Å². The fraction of sp³-hybridized carbons (Fsp3) is 0.188. The Kier molecular flexibility index (Phi) is 4.38. The van der Waals surface area contributed by atoms with Crippen LogP contribution >= 0.6 is 11.3 Å². The van der Waals surface area contributed by atoms with Crippen molar-refractivity contribution in [3.8, 4) is 0 Å². The zero-order valence-electron chi connectivity index (χ0n) is 12.5. The van der Waals surface area contributed by atoms with E-state index in [0.717, 1.165) is 4.88 Å². The highest BCUT2D eigenvalue weighted by atomic mass is 32.1. The van der Waals surface area contributed by atoms with Crippen LogP contribution in [-0.2, 0) is 16.0 Å². The summed E-state index contributed by atoms with van der Waals surface area (Å²) in [6.07, 6.45) is 3.48. The molecule has 118 valence electrons. The maximum atomic E-state index is 12.1. The second-order valence-corrected chi connectivity index (χ2v) is 5.86. The van der Waals surface area contributed by atoms with E-state index in [1.54, 1.807) is 41.1 Å². The number of amides is 1. The van der Waals surface area contributed by atoms with Gasteiger partial charge in [-0.2, -0.15) is 5.10 Å². The molecule has 0 spiro atoms. The molecule has 0 aliphatic heterocycles. The van der Waals surface area contributed by atoms with Crippen LogP contribution in [0.2, 0.25) is 0 Å². The highest BCUT2D eigenvalue weighted by Crippen LogP contribution is 2.18. The zero-order chi connectivity index (χ0) is 16.2. The Morgan fingerprint density at radius 3 is 3.00 bits per heavy atom. The fourth-order valence-corrected chi connectivity index (χ4v) is 2.90. The molecule has 6 nitrogen and oxygen atoms in total. The number of carbonyl (C=O) groups is 2. The summed E-state index contributed by atoms with van der Waals surface area (Å²) in [5.74, 6) is -0.529. The maximum Gasteiger partial charge on any atom is 0.341 e. The number of rotatable bonds is 5. The molecule has 0 saturated carbocycles. The third-order valence-corrected chi connectivity index (χ3v) is 4.09. The summed E-state index contributed by atoms with van der Waals surface area (Å²) < 4.78 is 6.58. The lowest BCUT2D eigenvalue weighted by Crippen LogP contribution is -2.14. The van der Waals surface area contributed by atoms with Crippen molar-refractivity contribution in [3.05, 3.63) is 52.5 Å². The Morgan fingerprint density at radius 1 is 1.39 bits per heavy atom. The lowest BCUT2D eigenvalue weighted by molar-refractivity contribution is -0.115. The van der Waals surface area contributed by atoms with Crippen molar-refractivity contribution in [2.45, 2.75) is 13.3 Å². The molecule has 1 N–H and O–H groups in total. The molecule has 1 amide bonds. The van der Waals surface area contributed by atoms with Crippen LogP contribution in [0, 0.1) is 0 Å². The first-order chi connectivity index (χ1) is 11.2. The number of carbonyl (C=O) groups excluding carboxylic acids is 2. The quantitative estimate of drug-likeness (QED) is 0.731. The van der Waals surface area contributed by atoms with Crippen LogP contribution in [0.5, 0.6) is 0 Å². The molecule has 0 fully saturated rings. The van der Waals surface area contributed by atoms with Crippen molar-refractivity contribution >= 4 is 34.4 Å². The van der Waals surface area contributed by atoms with Gasteiger partial charge in [-0.15, -0.1) is 11.3 Å². The number of hydrogen-bond donors (Lipinski definition) is 1. The number of ether oxygens (including phenoxy) is 1. The molecule has 3 aromatic rings. The monoisotopic (exact) mass is 329 g/mol. The Morgan fingerprint density at radius 2 is 2.26 bits per heavy atom. The van der Waals surface area contributed by atoms with Crippen molar-refractivity contribution in [1.82, 2.24) is 9.61 Å². The third-order valence-electron chi connectivity index (χ3n) is 3.22. The van der Waals surface area contributed by atoms with E-state index in [4.69, 9.17) is 4.74 Å². The van der Waals surface area contributed by atoms with E-state index >= 15 is 0 Å². The van der Waals surface area contributed by atoms with Gasteiger partial charge in [-0.3, -0.25) is 4.79 Å². The molecule has 0 radical (unpaired) electrons. The van der Waals surface area contributed by atoms with Crippen LogP contribution < -0.4 is 5.32 Å². The Bertz CT molecular complexity index is 840. The predicted octanol–water partition coefficient (Wildman–Crippen LogP) is 2.75. The molecule has 0 atom stereocenters. The zero-order valence-corrected chi connectivity index (χ0v) is 13.3. The highest BCUT2D eigenvalue weighted by molar-refractivity contribution is 7.10. The predicted molar refractivity (Wildman–Crippen MR) is 87.8 cm³/mol. The summed E-state index contributed by atoms with van der Waals surface area (Å²) in [6, 6.07) is 7.29. The number of esters is 1. The minimum atomic E-state index is -0.426. The average Bonchev–Trinajstić information content (AvgIpc) is 3.16. The van der Waals surface area contributed by atoms with E-state index in [9.17, 15) is 9.59 Å². The number of pyridine rings is 1. The molecule has 3 rings (SSSR count). The maximum absolute atomic E-state index is 12.1. The smallest absolute Gasteiger partial charge is 0.341 e. The van der Waals surface area contributed by atoms with Crippen LogP contribution in [0.25, 0.3) is 5.52 Å². The minimum Gasteiger partial charge on any atom is -0.462 e. The summed E-state index contributed by atoms with van der Waals surface area (Å²) in [7, 11) is 0. The normalized spacial score (nSPS) is 10.7. The van der Waals surface area contributed by atoms with Crippen molar-refractivity contribution in [3.63, 3.8) is 0 Å². The number of fused-ring (bicyclic) bond motifs is 1.